The van der Waals surface area contributed by atoms with E-state index in [0.717, 1.165) is 51.4 Å². The Morgan fingerprint density at radius 3 is 2.43 bits per heavy atom. The number of pyridine rings is 1. The molecule has 0 spiro atoms. The number of halogens is 1. The van der Waals surface area contributed by atoms with Gasteiger partial charge in [0, 0.05) is 38.8 Å². The Morgan fingerprint density at radius 1 is 1.09 bits per heavy atom. The van der Waals surface area contributed by atoms with Crippen LogP contribution in [0.4, 0.5) is 10.2 Å². The van der Waals surface area contributed by atoms with Crippen LogP contribution in [0.5, 0.6) is 0 Å². The maximum absolute atomic E-state index is 13.0. The van der Waals surface area contributed by atoms with Crippen LogP contribution in [-0.2, 0) is 0 Å². The van der Waals surface area contributed by atoms with Gasteiger partial charge in [0.2, 0.25) is 0 Å². The summed E-state index contributed by atoms with van der Waals surface area (Å²) in [5.74, 6) is 1.54. The number of aliphatic hydroxyl groups is 2. The highest BCUT2D eigenvalue weighted by Gasteiger charge is 2.34. The standard InChI is InChI=1S/C17H26FN3O2/c18-16-1-2-17(19-7-16)21-9-14(15(10-21)12-23)8-20-5-3-13(11-22)4-6-20/h1-2,7,13-15,22-23H,3-6,8-12H2/t14-,15-/m0/s1. The van der Waals surface area contributed by atoms with E-state index in [1.807, 2.05) is 0 Å². The summed E-state index contributed by atoms with van der Waals surface area (Å²) in [6.45, 7) is 5.11. The molecule has 2 aliphatic rings. The van der Waals surface area contributed by atoms with Crippen LogP contribution in [0.3, 0.4) is 0 Å². The summed E-state index contributed by atoms with van der Waals surface area (Å²) >= 11 is 0. The van der Waals surface area contributed by atoms with Crippen molar-refractivity contribution in [3.8, 4) is 0 Å². The van der Waals surface area contributed by atoms with Gasteiger partial charge in [-0.3, -0.25) is 0 Å². The second-order valence-electron chi connectivity index (χ2n) is 6.87. The van der Waals surface area contributed by atoms with Gasteiger partial charge in [0.25, 0.3) is 0 Å². The minimum atomic E-state index is -0.324. The molecule has 128 valence electrons. The number of aromatic nitrogens is 1. The average molecular weight is 323 g/mol. The molecule has 0 radical (unpaired) electrons. The fourth-order valence-corrected chi connectivity index (χ4v) is 3.78. The molecule has 6 heteroatoms. The molecule has 3 rings (SSSR count). The predicted octanol–water partition coefficient (Wildman–Crippen LogP) is 0.970. The lowest BCUT2D eigenvalue weighted by molar-refractivity contribution is 0.106. The number of hydrogen-bond donors (Lipinski definition) is 2. The number of nitrogens with zero attached hydrogens (tertiary/aromatic N) is 3. The summed E-state index contributed by atoms with van der Waals surface area (Å²) in [6, 6.07) is 3.14. The van der Waals surface area contributed by atoms with Crippen LogP contribution in [0, 0.1) is 23.6 Å². The number of rotatable bonds is 5. The van der Waals surface area contributed by atoms with Crippen molar-refractivity contribution in [2.75, 3.05) is 50.8 Å². The van der Waals surface area contributed by atoms with Crippen LogP contribution in [0.1, 0.15) is 12.8 Å². The normalized spacial score (nSPS) is 26.8. The molecule has 0 aromatic carbocycles. The largest absolute Gasteiger partial charge is 0.396 e. The minimum Gasteiger partial charge on any atom is -0.396 e. The number of anilines is 1. The molecule has 1 aromatic heterocycles. The first-order valence-electron chi connectivity index (χ1n) is 8.50. The number of hydrogen-bond acceptors (Lipinski definition) is 5. The molecule has 0 unspecified atom stereocenters. The van der Waals surface area contributed by atoms with E-state index in [2.05, 4.69) is 14.8 Å². The lowest BCUT2D eigenvalue weighted by Gasteiger charge is -2.33. The first-order valence-corrected chi connectivity index (χ1v) is 8.50. The smallest absolute Gasteiger partial charge is 0.141 e. The molecule has 2 atom stereocenters. The molecular formula is C17H26FN3O2. The summed E-state index contributed by atoms with van der Waals surface area (Å²) in [5.41, 5.74) is 0. The number of piperidine rings is 1. The van der Waals surface area contributed by atoms with E-state index in [1.54, 1.807) is 6.07 Å². The van der Waals surface area contributed by atoms with Gasteiger partial charge in [0.05, 0.1) is 6.20 Å². The summed E-state index contributed by atoms with van der Waals surface area (Å²) in [6.07, 6.45) is 3.35. The van der Waals surface area contributed by atoms with Gasteiger partial charge in [-0.2, -0.15) is 0 Å². The Bertz CT molecular complexity index is 491. The molecule has 2 aliphatic heterocycles. The minimum absolute atomic E-state index is 0.176. The lowest BCUT2D eigenvalue weighted by Crippen LogP contribution is -2.40. The molecule has 23 heavy (non-hydrogen) atoms. The van der Waals surface area contributed by atoms with Crippen molar-refractivity contribution in [2.45, 2.75) is 12.8 Å². The van der Waals surface area contributed by atoms with Crippen LogP contribution in [0.2, 0.25) is 0 Å². The quantitative estimate of drug-likeness (QED) is 0.846. The summed E-state index contributed by atoms with van der Waals surface area (Å²) in [4.78, 5) is 8.75. The molecular weight excluding hydrogens is 297 g/mol. The molecule has 5 nitrogen and oxygen atoms in total. The Kier molecular flexibility index (Phi) is 5.46. The predicted molar refractivity (Wildman–Crippen MR) is 86.7 cm³/mol. The molecule has 2 N–H and O–H groups in total. The lowest BCUT2D eigenvalue weighted by atomic mass is 9.93. The second kappa shape index (κ2) is 7.55. The van der Waals surface area contributed by atoms with E-state index >= 15 is 0 Å². The van der Waals surface area contributed by atoms with Gasteiger partial charge < -0.3 is 20.0 Å². The van der Waals surface area contributed by atoms with Gasteiger partial charge in [-0.05, 0) is 49.9 Å². The first-order chi connectivity index (χ1) is 11.2. The number of likely N-dealkylation sites (tertiary alicyclic amines) is 1. The van der Waals surface area contributed by atoms with Crippen molar-refractivity contribution in [3.63, 3.8) is 0 Å². The Labute approximate surface area is 136 Å². The van der Waals surface area contributed by atoms with Crippen molar-refractivity contribution < 1.29 is 14.6 Å². The molecule has 0 aliphatic carbocycles. The third kappa shape index (κ3) is 4.00. The summed E-state index contributed by atoms with van der Waals surface area (Å²) in [5, 5.41) is 18.9. The third-order valence-electron chi connectivity index (χ3n) is 5.30. The zero-order chi connectivity index (χ0) is 16.2. The maximum atomic E-state index is 13.0. The van der Waals surface area contributed by atoms with Gasteiger partial charge in [0.15, 0.2) is 0 Å². The van der Waals surface area contributed by atoms with Gasteiger partial charge >= 0.3 is 0 Å². The van der Waals surface area contributed by atoms with Crippen LogP contribution < -0.4 is 4.90 Å². The highest BCUT2D eigenvalue weighted by molar-refractivity contribution is 5.39. The Hall–Kier alpha value is -1.24. The van der Waals surface area contributed by atoms with Gasteiger partial charge in [0.1, 0.15) is 11.6 Å². The highest BCUT2D eigenvalue weighted by Crippen LogP contribution is 2.29. The zero-order valence-corrected chi connectivity index (χ0v) is 13.4. The van der Waals surface area contributed by atoms with E-state index in [9.17, 15) is 14.6 Å². The van der Waals surface area contributed by atoms with Crippen LogP contribution in [0.25, 0.3) is 0 Å². The van der Waals surface area contributed by atoms with Crippen LogP contribution >= 0.6 is 0 Å². The molecule has 2 fully saturated rings. The van der Waals surface area contributed by atoms with Crippen molar-refractivity contribution in [1.29, 1.82) is 0 Å². The Morgan fingerprint density at radius 2 is 1.83 bits per heavy atom. The average Bonchev–Trinajstić information content (AvgIpc) is 2.99. The van der Waals surface area contributed by atoms with Crippen LogP contribution in [0.15, 0.2) is 18.3 Å². The summed E-state index contributed by atoms with van der Waals surface area (Å²) < 4.78 is 13.0. The third-order valence-corrected chi connectivity index (χ3v) is 5.30. The van der Waals surface area contributed by atoms with Crippen molar-refractivity contribution in [1.82, 2.24) is 9.88 Å². The second-order valence-corrected chi connectivity index (χ2v) is 6.87. The summed E-state index contributed by atoms with van der Waals surface area (Å²) in [7, 11) is 0. The van der Waals surface area contributed by atoms with E-state index in [4.69, 9.17) is 0 Å². The van der Waals surface area contributed by atoms with Crippen LogP contribution in [-0.4, -0.2) is 66.0 Å². The molecule has 0 bridgehead atoms. The Balaban J connectivity index is 1.58. The monoisotopic (exact) mass is 323 g/mol. The van der Waals surface area contributed by atoms with Crippen molar-refractivity contribution in [3.05, 3.63) is 24.1 Å². The van der Waals surface area contributed by atoms with E-state index in [-0.39, 0.29) is 18.3 Å². The molecule has 0 amide bonds. The number of aliphatic hydroxyl groups excluding tert-OH is 2. The van der Waals surface area contributed by atoms with E-state index < -0.39 is 0 Å². The SMILES string of the molecule is OCC1CCN(C[C@H]2CN(c3ccc(F)cn3)C[C@H]2CO)CC1. The van der Waals surface area contributed by atoms with E-state index in [1.165, 1.54) is 12.3 Å². The fraction of sp³-hybridized carbons (Fsp3) is 0.706. The first kappa shape index (κ1) is 16.6. The maximum Gasteiger partial charge on any atom is 0.141 e. The van der Waals surface area contributed by atoms with E-state index in [0.29, 0.717) is 18.4 Å². The highest BCUT2D eigenvalue weighted by atomic mass is 19.1. The van der Waals surface area contributed by atoms with Crippen molar-refractivity contribution in [2.24, 2.45) is 17.8 Å². The molecule has 3 heterocycles. The molecule has 2 saturated heterocycles. The van der Waals surface area contributed by atoms with Gasteiger partial charge in [-0.25, -0.2) is 9.37 Å². The fourth-order valence-electron chi connectivity index (χ4n) is 3.78. The van der Waals surface area contributed by atoms with Gasteiger partial charge in [-0.1, -0.05) is 0 Å². The molecule has 1 aromatic rings. The van der Waals surface area contributed by atoms with Crippen molar-refractivity contribution >= 4 is 5.82 Å². The van der Waals surface area contributed by atoms with Gasteiger partial charge in [-0.15, -0.1) is 0 Å². The topological polar surface area (TPSA) is 59.8 Å². The molecule has 0 saturated carbocycles. The zero-order valence-electron chi connectivity index (χ0n) is 13.4.